The summed E-state index contributed by atoms with van der Waals surface area (Å²) in [6, 6.07) is 5.42. The number of nitrogens with zero attached hydrogens (tertiary/aromatic N) is 1. The summed E-state index contributed by atoms with van der Waals surface area (Å²) >= 11 is 0. The molecule has 1 spiro atoms. The first-order chi connectivity index (χ1) is 16.5. The Hall–Kier alpha value is -2.44. The van der Waals surface area contributed by atoms with Crippen LogP contribution in [0, 0.1) is 5.82 Å². The van der Waals surface area contributed by atoms with Crippen molar-refractivity contribution in [2.24, 2.45) is 0 Å². The van der Waals surface area contributed by atoms with Gasteiger partial charge in [0.2, 0.25) is 5.91 Å². The molecule has 2 fully saturated rings. The standard InChI is InChI=1S/C26H31FN2O3.C2H6/c1-17-15-31-16-26(28-17)14-18(2)29-23(26)13-19-7-5-9-21(25(19)27)20-8-3-4-10-22(20)32-12-6-11-24(29)30;1-2/h3-5,7-10,18,20,22-23,28H,1,6,11-16H2,2H3;1-2H3. The second kappa shape index (κ2) is 10.4. The third kappa shape index (κ3) is 4.58. The van der Waals surface area contributed by atoms with E-state index in [2.05, 4.69) is 18.8 Å². The van der Waals surface area contributed by atoms with Crippen LogP contribution in [0.4, 0.5) is 4.39 Å². The summed E-state index contributed by atoms with van der Waals surface area (Å²) < 4.78 is 27.9. The molecule has 0 radical (unpaired) electrons. The number of morpholine rings is 1. The number of allylic oxidation sites excluding steroid dienone is 2. The van der Waals surface area contributed by atoms with Crippen LogP contribution in [0.5, 0.6) is 0 Å². The van der Waals surface area contributed by atoms with Crippen molar-refractivity contribution in [2.45, 2.75) is 76.1 Å². The van der Waals surface area contributed by atoms with E-state index in [1.54, 1.807) is 0 Å². The molecule has 5 nitrogen and oxygen atoms in total. The van der Waals surface area contributed by atoms with Gasteiger partial charge in [0, 0.05) is 30.7 Å². The third-order valence-corrected chi connectivity index (χ3v) is 7.27. The van der Waals surface area contributed by atoms with Gasteiger partial charge in [-0.3, -0.25) is 4.79 Å². The highest BCUT2D eigenvalue weighted by Crippen LogP contribution is 2.40. The zero-order valence-corrected chi connectivity index (χ0v) is 20.6. The van der Waals surface area contributed by atoms with Crippen molar-refractivity contribution in [3.8, 4) is 0 Å². The number of hydrogen-bond acceptors (Lipinski definition) is 4. The minimum atomic E-state index is -0.459. The van der Waals surface area contributed by atoms with E-state index < -0.39 is 5.54 Å². The van der Waals surface area contributed by atoms with Gasteiger partial charge in [0.15, 0.2) is 0 Å². The summed E-state index contributed by atoms with van der Waals surface area (Å²) in [4.78, 5) is 15.3. The monoisotopic (exact) mass is 468 g/mol. The number of benzene rings is 1. The highest BCUT2D eigenvalue weighted by atomic mass is 19.1. The lowest BCUT2D eigenvalue weighted by Gasteiger charge is -2.43. The number of nitrogens with one attached hydrogen (secondary N) is 1. The highest BCUT2D eigenvalue weighted by Gasteiger charge is 2.54. The molecule has 1 amide bonds. The number of rotatable bonds is 0. The van der Waals surface area contributed by atoms with Crippen LogP contribution in [0.1, 0.15) is 57.1 Å². The Morgan fingerprint density at radius 2 is 2.03 bits per heavy atom. The van der Waals surface area contributed by atoms with Crippen LogP contribution in [0.2, 0.25) is 0 Å². The van der Waals surface area contributed by atoms with Gasteiger partial charge in [-0.05, 0) is 37.3 Å². The first-order valence-electron chi connectivity index (χ1n) is 12.6. The number of carbonyl (C=O) groups excluding carboxylic acids is 1. The molecule has 5 rings (SSSR count). The van der Waals surface area contributed by atoms with Crippen LogP contribution in [-0.4, -0.2) is 54.4 Å². The molecule has 0 aromatic heterocycles. The summed E-state index contributed by atoms with van der Waals surface area (Å²) in [6.07, 6.45) is 9.86. The molecule has 2 bridgehead atoms. The van der Waals surface area contributed by atoms with Gasteiger partial charge in [-0.15, -0.1) is 0 Å². The Bertz CT molecular complexity index is 974. The van der Waals surface area contributed by atoms with Gasteiger partial charge in [-0.1, -0.05) is 62.9 Å². The Kier molecular flexibility index (Phi) is 7.58. The Balaban J connectivity index is 0.00000133. The van der Waals surface area contributed by atoms with Gasteiger partial charge in [-0.25, -0.2) is 4.39 Å². The van der Waals surface area contributed by atoms with Gasteiger partial charge >= 0.3 is 0 Å². The minimum absolute atomic E-state index is 0.0280. The van der Waals surface area contributed by atoms with E-state index in [1.807, 2.05) is 61.3 Å². The quantitative estimate of drug-likeness (QED) is 0.603. The van der Waals surface area contributed by atoms with Gasteiger partial charge in [-0.2, -0.15) is 0 Å². The zero-order chi connectivity index (χ0) is 24.3. The van der Waals surface area contributed by atoms with Gasteiger partial charge in [0.05, 0.1) is 30.9 Å². The number of hydrogen-bond donors (Lipinski definition) is 1. The molecule has 184 valence electrons. The average molecular weight is 469 g/mol. The molecular formula is C28H37FN2O3. The Labute approximate surface area is 202 Å². The fourth-order valence-electron chi connectivity index (χ4n) is 5.94. The van der Waals surface area contributed by atoms with E-state index in [1.165, 1.54) is 0 Å². The van der Waals surface area contributed by atoms with Crippen molar-refractivity contribution in [1.82, 2.24) is 10.2 Å². The van der Waals surface area contributed by atoms with Crippen LogP contribution in [0.3, 0.4) is 0 Å². The summed E-state index contributed by atoms with van der Waals surface area (Å²) in [5, 5.41) is 3.56. The van der Waals surface area contributed by atoms with E-state index in [-0.39, 0.29) is 35.8 Å². The van der Waals surface area contributed by atoms with Crippen LogP contribution in [0.25, 0.3) is 0 Å². The zero-order valence-electron chi connectivity index (χ0n) is 20.6. The van der Waals surface area contributed by atoms with E-state index >= 15 is 4.39 Å². The number of fused-ring (bicyclic) bond motifs is 6. The van der Waals surface area contributed by atoms with Crippen LogP contribution in [-0.2, 0) is 20.7 Å². The second-order valence-electron chi connectivity index (χ2n) is 9.51. The van der Waals surface area contributed by atoms with Crippen molar-refractivity contribution in [1.29, 1.82) is 0 Å². The van der Waals surface area contributed by atoms with Gasteiger partial charge in [0.1, 0.15) is 5.82 Å². The minimum Gasteiger partial charge on any atom is -0.377 e. The van der Waals surface area contributed by atoms with Crippen molar-refractivity contribution in [2.75, 3.05) is 19.8 Å². The maximum absolute atomic E-state index is 15.9. The molecule has 5 atom stereocenters. The average Bonchev–Trinajstić information content (AvgIpc) is 3.09. The van der Waals surface area contributed by atoms with Crippen molar-refractivity contribution >= 4 is 5.91 Å². The normalized spacial score (nSPS) is 33.0. The molecule has 3 heterocycles. The number of halogens is 1. The summed E-state index contributed by atoms with van der Waals surface area (Å²) in [7, 11) is 0. The fraction of sp³-hybridized carbons (Fsp3) is 0.536. The molecule has 5 unspecified atom stereocenters. The Morgan fingerprint density at radius 1 is 1.24 bits per heavy atom. The predicted octanol–water partition coefficient (Wildman–Crippen LogP) is 4.64. The smallest absolute Gasteiger partial charge is 0.223 e. The molecule has 1 aromatic carbocycles. The summed E-state index contributed by atoms with van der Waals surface area (Å²) in [5.41, 5.74) is 1.62. The lowest BCUT2D eigenvalue weighted by Crippen LogP contribution is -2.61. The third-order valence-electron chi connectivity index (χ3n) is 7.27. The predicted molar refractivity (Wildman–Crippen MR) is 132 cm³/mol. The molecule has 6 heteroatoms. The SMILES string of the molecule is C=C1COCC2(CC(C)N3C(=O)CCCOC4C=CC=CC4c4cccc(c4F)CC32)N1.CC. The molecule has 34 heavy (non-hydrogen) atoms. The summed E-state index contributed by atoms with van der Waals surface area (Å²) in [6.45, 7) is 11.5. The van der Waals surface area contributed by atoms with Crippen molar-refractivity contribution in [3.05, 3.63) is 71.7 Å². The number of carbonyl (C=O) groups is 1. The second-order valence-corrected chi connectivity index (χ2v) is 9.51. The van der Waals surface area contributed by atoms with Gasteiger partial charge < -0.3 is 19.7 Å². The maximum Gasteiger partial charge on any atom is 0.223 e. The molecule has 2 saturated heterocycles. The molecule has 4 aliphatic rings. The Morgan fingerprint density at radius 3 is 2.82 bits per heavy atom. The highest BCUT2D eigenvalue weighted by molar-refractivity contribution is 5.77. The molecule has 3 aliphatic heterocycles. The molecule has 0 saturated carbocycles. The van der Waals surface area contributed by atoms with E-state index in [0.29, 0.717) is 50.2 Å². The number of amides is 1. The lowest BCUT2D eigenvalue weighted by atomic mass is 9.83. The number of ether oxygens (including phenoxy) is 2. The first-order valence-corrected chi connectivity index (χ1v) is 12.6. The van der Waals surface area contributed by atoms with Crippen LogP contribution in [0.15, 0.2) is 54.8 Å². The van der Waals surface area contributed by atoms with E-state index in [0.717, 1.165) is 12.1 Å². The lowest BCUT2D eigenvalue weighted by molar-refractivity contribution is -0.135. The molecule has 1 N–H and O–H groups in total. The molecule has 1 aliphatic carbocycles. The summed E-state index contributed by atoms with van der Waals surface area (Å²) in [5.74, 6) is -0.296. The van der Waals surface area contributed by atoms with Crippen molar-refractivity contribution < 1.29 is 18.7 Å². The van der Waals surface area contributed by atoms with E-state index in [4.69, 9.17) is 9.47 Å². The molecular weight excluding hydrogens is 431 g/mol. The topological polar surface area (TPSA) is 50.8 Å². The van der Waals surface area contributed by atoms with Gasteiger partial charge in [0.25, 0.3) is 0 Å². The van der Waals surface area contributed by atoms with Crippen LogP contribution >= 0.6 is 0 Å². The van der Waals surface area contributed by atoms with E-state index in [9.17, 15) is 4.79 Å². The first kappa shape index (κ1) is 24.7. The fourth-order valence-corrected chi connectivity index (χ4v) is 5.94. The molecule has 1 aromatic rings. The largest absolute Gasteiger partial charge is 0.377 e. The van der Waals surface area contributed by atoms with Crippen molar-refractivity contribution in [3.63, 3.8) is 0 Å². The van der Waals surface area contributed by atoms with Crippen LogP contribution < -0.4 is 5.32 Å². The maximum atomic E-state index is 15.9.